The van der Waals surface area contributed by atoms with Crippen LogP contribution in [0.5, 0.6) is 5.75 Å². The average Bonchev–Trinajstić information content (AvgIpc) is 2.64. The molecule has 0 fully saturated rings. The number of hydrogen-bond donors (Lipinski definition) is 1. The third-order valence-electron chi connectivity index (χ3n) is 3.55. The monoisotopic (exact) mass is 371 g/mol. The number of carbonyl (C=O) groups excluding carboxylic acids is 1. The first-order valence-corrected chi connectivity index (χ1v) is 8.41. The fourth-order valence-corrected chi connectivity index (χ4v) is 2.59. The molecule has 3 nitrogen and oxygen atoms in total. The maximum Gasteiger partial charge on any atom is 0.259 e. The molecule has 0 aromatic heterocycles. The average molecular weight is 372 g/mol. The van der Waals surface area contributed by atoms with Crippen molar-refractivity contribution in [1.82, 2.24) is 0 Å². The third-order valence-corrected chi connectivity index (χ3v) is 4.29. The summed E-state index contributed by atoms with van der Waals surface area (Å²) in [6, 6.07) is 21.8. The number of carbonyl (C=O) groups is 1. The Bertz CT molecular complexity index is 882. The maximum absolute atomic E-state index is 12.6. The van der Waals surface area contributed by atoms with E-state index in [1.165, 1.54) is 0 Å². The Morgan fingerprint density at radius 3 is 2.36 bits per heavy atom. The maximum atomic E-state index is 12.6. The molecule has 3 rings (SSSR count). The third kappa shape index (κ3) is 4.53. The summed E-state index contributed by atoms with van der Waals surface area (Å²) in [5, 5.41) is 3.62. The van der Waals surface area contributed by atoms with Crippen LogP contribution in [0.4, 0.5) is 5.69 Å². The zero-order valence-corrected chi connectivity index (χ0v) is 14.7. The van der Waals surface area contributed by atoms with Crippen molar-refractivity contribution < 1.29 is 9.53 Å². The van der Waals surface area contributed by atoms with Gasteiger partial charge in [-0.05, 0) is 35.9 Å². The van der Waals surface area contributed by atoms with Crippen LogP contribution < -0.4 is 10.1 Å². The number of nitrogens with one attached hydrogen (secondary N) is 1. The molecule has 0 bridgehead atoms. The molecule has 126 valence electrons. The van der Waals surface area contributed by atoms with Crippen molar-refractivity contribution in [3.63, 3.8) is 0 Å². The Morgan fingerprint density at radius 2 is 1.60 bits per heavy atom. The SMILES string of the molecule is O=C(Nc1ccc(Cl)c(Cl)c1)c1ccccc1OCc1ccccc1. The van der Waals surface area contributed by atoms with Crippen LogP contribution in [0.2, 0.25) is 10.0 Å². The molecule has 0 saturated heterocycles. The molecule has 3 aromatic rings. The Balaban J connectivity index is 1.75. The van der Waals surface area contributed by atoms with E-state index in [1.807, 2.05) is 36.4 Å². The van der Waals surface area contributed by atoms with Gasteiger partial charge in [-0.15, -0.1) is 0 Å². The van der Waals surface area contributed by atoms with Gasteiger partial charge in [0, 0.05) is 5.69 Å². The molecule has 3 aromatic carbocycles. The lowest BCUT2D eigenvalue weighted by Gasteiger charge is -2.12. The number of benzene rings is 3. The molecule has 0 spiro atoms. The van der Waals surface area contributed by atoms with Gasteiger partial charge < -0.3 is 10.1 Å². The second kappa shape index (κ2) is 8.06. The van der Waals surface area contributed by atoms with Gasteiger partial charge in [-0.2, -0.15) is 0 Å². The van der Waals surface area contributed by atoms with Crippen LogP contribution in [-0.4, -0.2) is 5.91 Å². The summed E-state index contributed by atoms with van der Waals surface area (Å²) in [4.78, 5) is 12.6. The van der Waals surface area contributed by atoms with Crippen molar-refractivity contribution in [3.05, 3.63) is 94.0 Å². The normalized spacial score (nSPS) is 10.3. The van der Waals surface area contributed by atoms with E-state index in [0.29, 0.717) is 33.7 Å². The fourth-order valence-electron chi connectivity index (χ4n) is 2.29. The van der Waals surface area contributed by atoms with E-state index in [2.05, 4.69) is 5.32 Å². The van der Waals surface area contributed by atoms with Gasteiger partial charge in [-0.1, -0.05) is 65.7 Å². The molecule has 5 heteroatoms. The molecular formula is C20H15Cl2NO2. The second-order valence-electron chi connectivity index (χ2n) is 5.35. The highest BCUT2D eigenvalue weighted by molar-refractivity contribution is 6.42. The van der Waals surface area contributed by atoms with E-state index in [0.717, 1.165) is 5.56 Å². The van der Waals surface area contributed by atoms with Crippen LogP contribution in [0.1, 0.15) is 15.9 Å². The zero-order valence-electron chi connectivity index (χ0n) is 13.2. The van der Waals surface area contributed by atoms with Crippen molar-refractivity contribution in [2.45, 2.75) is 6.61 Å². The molecule has 1 amide bonds. The summed E-state index contributed by atoms with van der Waals surface area (Å²) in [5.41, 5.74) is 2.05. The molecule has 0 heterocycles. The first-order valence-electron chi connectivity index (χ1n) is 7.65. The number of amides is 1. The quantitative estimate of drug-likeness (QED) is 0.612. The van der Waals surface area contributed by atoms with Gasteiger partial charge in [0.25, 0.3) is 5.91 Å². The highest BCUT2D eigenvalue weighted by Crippen LogP contribution is 2.26. The predicted molar refractivity (Wildman–Crippen MR) is 102 cm³/mol. The standard InChI is InChI=1S/C20H15Cl2NO2/c21-17-11-10-15(12-18(17)22)23-20(24)16-8-4-5-9-19(16)25-13-14-6-2-1-3-7-14/h1-12H,13H2,(H,23,24). The molecule has 0 radical (unpaired) electrons. The highest BCUT2D eigenvalue weighted by atomic mass is 35.5. The van der Waals surface area contributed by atoms with Gasteiger partial charge in [0.15, 0.2) is 0 Å². The molecule has 25 heavy (non-hydrogen) atoms. The van der Waals surface area contributed by atoms with E-state index in [9.17, 15) is 4.79 Å². The zero-order chi connectivity index (χ0) is 17.6. The van der Waals surface area contributed by atoms with Crippen LogP contribution in [0.25, 0.3) is 0 Å². The first-order chi connectivity index (χ1) is 12.1. The van der Waals surface area contributed by atoms with E-state index in [4.69, 9.17) is 27.9 Å². The summed E-state index contributed by atoms with van der Waals surface area (Å²) in [5.74, 6) is 0.242. The number of para-hydroxylation sites is 1. The van der Waals surface area contributed by atoms with Gasteiger partial charge in [0.1, 0.15) is 12.4 Å². The van der Waals surface area contributed by atoms with Gasteiger partial charge in [-0.3, -0.25) is 4.79 Å². The molecular weight excluding hydrogens is 357 g/mol. The van der Waals surface area contributed by atoms with Gasteiger partial charge in [-0.25, -0.2) is 0 Å². The summed E-state index contributed by atoms with van der Waals surface area (Å²) in [6.45, 7) is 0.387. The van der Waals surface area contributed by atoms with Crippen LogP contribution >= 0.6 is 23.2 Å². The lowest BCUT2D eigenvalue weighted by Crippen LogP contribution is -2.13. The van der Waals surface area contributed by atoms with E-state index < -0.39 is 0 Å². The minimum Gasteiger partial charge on any atom is -0.488 e. The summed E-state index contributed by atoms with van der Waals surface area (Å²) in [6.07, 6.45) is 0. The van der Waals surface area contributed by atoms with Crippen molar-refractivity contribution in [2.24, 2.45) is 0 Å². The minimum absolute atomic E-state index is 0.276. The lowest BCUT2D eigenvalue weighted by molar-refractivity contribution is 0.102. The number of halogens is 2. The second-order valence-corrected chi connectivity index (χ2v) is 6.17. The first kappa shape index (κ1) is 17.3. The van der Waals surface area contributed by atoms with E-state index in [1.54, 1.807) is 36.4 Å². The van der Waals surface area contributed by atoms with Gasteiger partial charge >= 0.3 is 0 Å². The number of anilines is 1. The highest BCUT2D eigenvalue weighted by Gasteiger charge is 2.13. The Morgan fingerprint density at radius 1 is 0.880 bits per heavy atom. The van der Waals surface area contributed by atoms with Crippen molar-refractivity contribution in [3.8, 4) is 5.75 Å². The van der Waals surface area contributed by atoms with Crippen molar-refractivity contribution in [2.75, 3.05) is 5.32 Å². The van der Waals surface area contributed by atoms with Gasteiger partial charge in [0.2, 0.25) is 0 Å². The van der Waals surface area contributed by atoms with Crippen LogP contribution in [-0.2, 0) is 6.61 Å². The van der Waals surface area contributed by atoms with Crippen molar-refractivity contribution in [1.29, 1.82) is 0 Å². The molecule has 1 N–H and O–H groups in total. The molecule has 0 aliphatic carbocycles. The van der Waals surface area contributed by atoms with Crippen molar-refractivity contribution >= 4 is 34.8 Å². The van der Waals surface area contributed by atoms with Gasteiger partial charge in [0.05, 0.1) is 15.6 Å². The van der Waals surface area contributed by atoms with Crippen LogP contribution in [0.15, 0.2) is 72.8 Å². The largest absolute Gasteiger partial charge is 0.488 e. The van der Waals surface area contributed by atoms with E-state index in [-0.39, 0.29) is 5.91 Å². The van der Waals surface area contributed by atoms with Crippen LogP contribution in [0, 0.1) is 0 Å². The summed E-state index contributed by atoms with van der Waals surface area (Å²) in [7, 11) is 0. The molecule has 0 aliphatic rings. The fraction of sp³-hybridized carbons (Fsp3) is 0.0500. The predicted octanol–water partition coefficient (Wildman–Crippen LogP) is 5.82. The topological polar surface area (TPSA) is 38.3 Å². The summed E-state index contributed by atoms with van der Waals surface area (Å²) < 4.78 is 5.82. The minimum atomic E-state index is -0.276. The molecule has 0 unspecified atom stereocenters. The Kier molecular flexibility index (Phi) is 5.59. The number of ether oxygens (including phenoxy) is 1. The summed E-state index contributed by atoms with van der Waals surface area (Å²) >= 11 is 11.9. The Hall–Kier alpha value is -2.49. The molecule has 0 atom stereocenters. The molecule has 0 saturated carbocycles. The smallest absolute Gasteiger partial charge is 0.259 e. The lowest BCUT2D eigenvalue weighted by atomic mass is 10.1. The number of rotatable bonds is 5. The molecule has 0 aliphatic heterocycles. The van der Waals surface area contributed by atoms with Crippen LogP contribution in [0.3, 0.4) is 0 Å². The Labute approximate surface area is 156 Å². The number of hydrogen-bond acceptors (Lipinski definition) is 2. The van der Waals surface area contributed by atoms with E-state index >= 15 is 0 Å².